The number of hydrogen-bond acceptors (Lipinski definition) is 1. The number of nitrogens with one attached hydrogen (secondary N) is 1. The molecule has 0 aliphatic heterocycles. The SMILES string of the molecule is Clc1ccc(NC2CCc3ccccc32)c(Cl)c1. The van der Waals surface area contributed by atoms with E-state index in [1.807, 2.05) is 12.1 Å². The van der Waals surface area contributed by atoms with E-state index in [-0.39, 0.29) is 0 Å². The van der Waals surface area contributed by atoms with Crippen LogP contribution in [0, 0.1) is 0 Å². The summed E-state index contributed by atoms with van der Waals surface area (Å²) in [5.41, 5.74) is 3.76. The fourth-order valence-electron chi connectivity index (χ4n) is 2.50. The predicted octanol–water partition coefficient (Wildman–Crippen LogP) is 5.09. The Morgan fingerprint density at radius 1 is 1.06 bits per heavy atom. The molecule has 0 bridgehead atoms. The maximum Gasteiger partial charge on any atom is 0.0652 e. The molecule has 3 heteroatoms. The van der Waals surface area contributed by atoms with Crippen LogP contribution < -0.4 is 5.32 Å². The molecule has 1 N–H and O–H groups in total. The van der Waals surface area contributed by atoms with Gasteiger partial charge in [-0.25, -0.2) is 0 Å². The summed E-state index contributed by atoms with van der Waals surface area (Å²) in [6.45, 7) is 0. The molecule has 2 aromatic carbocycles. The molecule has 0 saturated carbocycles. The quantitative estimate of drug-likeness (QED) is 0.806. The van der Waals surface area contributed by atoms with E-state index in [2.05, 4.69) is 29.6 Å². The zero-order valence-electron chi connectivity index (χ0n) is 9.79. The van der Waals surface area contributed by atoms with Crippen LogP contribution in [-0.4, -0.2) is 0 Å². The zero-order chi connectivity index (χ0) is 12.5. The Kier molecular flexibility index (Phi) is 3.19. The van der Waals surface area contributed by atoms with Crippen LogP contribution in [-0.2, 0) is 6.42 Å². The van der Waals surface area contributed by atoms with Crippen LogP contribution in [0.4, 0.5) is 5.69 Å². The van der Waals surface area contributed by atoms with Crippen molar-refractivity contribution in [3.8, 4) is 0 Å². The van der Waals surface area contributed by atoms with Crippen molar-refractivity contribution >= 4 is 28.9 Å². The molecule has 92 valence electrons. The van der Waals surface area contributed by atoms with Crippen molar-refractivity contribution in [2.45, 2.75) is 18.9 Å². The van der Waals surface area contributed by atoms with Crippen LogP contribution in [0.25, 0.3) is 0 Å². The number of halogens is 2. The number of fused-ring (bicyclic) bond motifs is 1. The van der Waals surface area contributed by atoms with Crippen LogP contribution in [0.3, 0.4) is 0 Å². The van der Waals surface area contributed by atoms with Gasteiger partial charge in [-0.05, 0) is 42.2 Å². The first-order chi connectivity index (χ1) is 8.74. The predicted molar refractivity (Wildman–Crippen MR) is 77.6 cm³/mol. The molecular weight excluding hydrogens is 265 g/mol. The Hall–Kier alpha value is -1.18. The lowest BCUT2D eigenvalue weighted by Gasteiger charge is -2.16. The molecule has 1 aliphatic carbocycles. The van der Waals surface area contributed by atoms with Crippen molar-refractivity contribution in [2.75, 3.05) is 5.32 Å². The second-order valence-corrected chi connectivity index (χ2v) is 5.40. The summed E-state index contributed by atoms with van der Waals surface area (Å²) < 4.78 is 0. The number of anilines is 1. The third-order valence-electron chi connectivity index (χ3n) is 3.39. The van der Waals surface area contributed by atoms with Gasteiger partial charge in [0.2, 0.25) is 0 Å². The average Bonchev–Trinajstić information content (AvgIpc) is 2.76. The van der Waals surface area contributed by atoms with E-state index in [1.165, 1.54) is 11.1 Å². The average molecular weight is 278 g/mol. The Morgan fingerprint density at radius 2 is 1.89 bits per heavy atom. The molecule has 1 nitrogen and oxygen atoms in total. The molecule has 1 atom stereocenters. The highest BCUT2D eigenvalue weighted by atomic mass is 35.5. The topological polar surface area (TPSA) is 12.0 Å². The third kappa shape index (κ3) is 2.21. The van der Waals surface area contributed by atoms with Crippen molar-refractivity contribution in [3.05, 3.63) is 63.6 Å². The van der Waals surface area contributed by atoms with Gasteiger partial charge in [0, 0.05) is 5.02 Å². The number of benzene rings is 2. The summed E-state index contributed by atoms with van der Waals surface area (Å²) in [5, 5.41) is 4.84. The summed E-state index contributed by atoms with van der Waals surface area (Å²) in [5.74, 6) is 0. The van der Waals surface area contributed by atoms with E-state index in [0.717, 1.165) is 18.5 Å². The maximum atomic E-state index is 6.19. The van der Waals surface area contributed by atoms with E-state index < -0.39 is 0 Å². The molecule has 0 amide bonds. The van der Waals surface area contributed by atoms with Gasteiger partial charge in [-0.2, -0.15) is 0 Å². The van der Waals surface area contributed by atoms with Crippen LogP contribution in [0.15, 0.2) is 42.5 Å². The van der Waals surface area contributed by atoms with Gasteiger partial charge in [0.1, 0.15) is 0 Å². The summed E-state index contributed by atoms with van der Waals surface area (Å²) in [6, 6.07) is 14.5. The molecule has 1 aliphatic rings. The highest BCUT2D eigenvalue weighted by Crippen LogP contribution is 2.36. The summed E-state index contributed by atoms with van der Waals surface area (Å²) in [6.07, 6.45) is 2.23. The molecule has 0 radical (unpaired) electrons. The number of hydrogen-bond donors (Lipinski definition) is 1. The van der Waals surface area contributed by atoms with Gasteiger partial charge in [0.05, 0.1) is 16.8 Å². The summed E-state index contributed by atoms with van der Waals surface area (Å²) in [4.78, 5) is 0. The summed E-state index contributed by atoms with van der Waals surface area (Å²) >= 11 is 12.1. The maximum absolute atomic E-state index is 6.19. The van der Waals surface area contributed by atoms with Gasteiger partial charge in [-0.3, -0.25) is 0 Å². The number of aryl methyl sites for hydroxylation is 1. The first-order valence-corrected chi connectivity index (χ1v) is 6.79. The minimum Gasteiger partial charge on any atom is -0.377 e. The van der Waals surface area contributed by atoms with Gasteiger partial charge in [-0.1, -0.05) is 47.5 Å². The zero-order valence-corrected chi connectivity index (χ0v) is 11.3. The highest BCUT2D eigenvalue weighted by Gasteiger charge is 2.22. The van der Waals surface area contributed by atoms with E-state index in [0.29, 0.717) is 16.1 Å². The second-order valence-electron chi connectivity index (χ2n) is 4.56. The fourth-order valence-corrected chi connectivity index (χ4v) is 2.96. The smallest absolute Gasteiger partial charge is 0.0652 e. The Morgan fingerprint density at radius 3 is 2.72 bits per heavy atom. The minimum absolute atomic E-state index is 0.347. The van der Waals surface area contributed by atoms with Crippen molar-refractivity contribution in [2.24, 2.45) is 0 Å². The lowest BCUT2D eigenvalue weighted by atomic mass is 10.1. The first kappa shape index (κ1) is 11.9. The monoisotopic (exact) mass is 277 g/mol. The van der Waals surface area contributed by atoms with E-state index in [4.69, 9.17) is 23.2 Å². The van der Waals surface area contributed by atoms with Crippen LogP contribution in [0.1, 0.15) is 23.6 Å². The highest BCUT2D eigenvalue weighted by molar-refractivity contribution is 6.36. The van der Waals surface area contributed by atoms with Crippen LogP contribution >= 0.6 is 23.2 Å². The van der Waals surface area contributed by atoms with Gasteiger partial charge < -0.3 is 5.32 Å². The van der Waals surface area contributed by atoms with Gasteiger partial charge >= 0.3 is 0 Å². The van der Waals surface area contributed by atoms with E-state index in [1.54, 1.807) is 6.07 Å². The normalized spacial score (nSPS) is 17.6. The Labute approximate surface area is 117 Å². The fraction of sp³-hybridized carbons (Fsp3) is 0.200. The Bertz CT molecular complexity index is 580. The molecule has 18 heavy (non-hydrogen) atoms. The molecule has 1 unspecified atom stereocenters. The molecule has 0 spiro atoms. The molecule has 2 aromatic rings. The van der Waals surface area contributed by atoms with Crippen molar-refractivity contribution in [1.82, 2.24) is 0 Å². The van der Waals surface area contributed by atoms with E-state index >= 15 is 0 Å². The van der Waals surface area contributed by atoms with Crippen LogP contribution in [0.2, 0.25) is 10.0 Å². The van der Waals surface area contributed by atoms with Crippen LogP contribution in [0.5, 0.6) is 0 Å². The molecule has 0 heterocycles. The molecule has 0 fully saturated rings. The van der Waals surface area contributed by atoms with E-state index in [9.17, 15) is 0 Å². The number of rotatable bonds is 2. The minimum atomic E-state index is 0.347. The lowest BCUT2D eigenvalue weighted by Crippen LogP contribution is -2.07. The van der Waals surface area contributed by atoms with Crippen molar-refractivity contribution in [3.63, 3.8) is 0 Å². The van der Waals surface area contributed by atoms with Gasteiger partial charge in [0.15, 0.2) is 0 Å². The molecule has 3 rings (SSSR count). The Balaban J connectivity index is 1.86. The first-order valence-electron chi connectivity index (χ1n) is 6.03. The molecular formula is C15H13Cl2N. The standard InChI is InChI=1S/C15H13Cl2N/c16-11-6-8-15(13(17)9-11)18-14-7-5-10-3-1-2-4-12(10)14/h1-4,6,8-9,14,18H,5,7H2. The second kappa shape index (κ2) is 4.83. The van der Waals surface area contributed by atoms with Gasteiger partial charge in [-0.15, -0.1) is 0 Å². The molecule has 0 saturated heterocycles. The van der Waals surface area contributed by atoms with Gasteiger partial charge in [0.25, 0.3) is 0 Å². The summed E-state index contributed by atoms with van der Waals surface area (Å²) in [7, 11) is 0. The molecule has 0 aromatic heterocycles. The van der Waals surface area contributed by atoms with Crippen molar-refractivity contribution in [1.29, 1.82) is 0 Å². The van der Waals surface area contributed by atoms with Crippen molar-refractivity contribution < 1.29 is 0 Å². The third-order valence-corrected chi connectivity index (χ3v) is 3.94. The lowest BCUT2D eigenvalue weighted by molar-refractivity contribution is 0.762. The largest absolute Gasteiger partial charge is 0.377 e.